The minimum Gasteiger partial charge on any atom is -0.508 e. The maximum absolute atomic E-state index is 11.9. The molecule has 0 aromatic heterocycles. The SMILES string of the molecule is O=C(OC1CO[C@@H]2[C@H](O)CO[C@H]12)c1ccc(O)cc1. The van der Waals surface area contributed by atoms with Gasteiger partial charge in [-0.3, -0.25) is 0 Å². The molecule has 2 saturated heterocycles. The Bertz CT molecular complexity index is 471. The largest absolute Gasteiger partial charge is 0.508 e. The zero-order valence-electron chi connectivity index (χ0n) is 10.1. The molecule has 0 saturated carbocycles. The molecule has 1 aromatic rings. The van der Waals surface area contributed by atoms with Crippen molar-refractivity contribution in [3.8, 4) is 5.75 Å². The number of phenolic OH excluding ortho intramolecular Hbond substituents is 1. The van der Waals surface area contributed by atoms with Gasteiger partial charge in [0.15, 0.2) is 6.10 Å². The van der Waals surface area contributed by atoms with Gasteiger partial charge in [-0.2, -0.15) is 0 Å². The van der Waals surface area contributed by atoms with Gasteiger partial charge in [-0.05, 0) is 24.3 Å². The van der Waals surface area contributed by atoms with Crippen LogP contribution in [0.4, 0.5) is 0 Å². The van der Waals surface area contributed by atoms with Crippen LogP contribution in [0.5, 0.6) is 5.75 Å². The zero-order chi connectivity index (χ0) is 13.4. The molecule has 2 N–H and O–H groups in total. The predicted octanol–water partition coefficient (Wildman–Crippen LogP) is 0.0761. The number of carbonyl (C=O) groups is 1. The molecule has 0 aliphatic carbocycles. The van der Waals surface area contributed by atoms with Gasteiger partial charge in [0.2, 0.25) is 0 Å². The molecule has 0 radical (unpaired) electrons. The van der Waals surface area contributed by atoms with E-state index in [4.69, 9.17) is 19.3 Å². The number of esters is 1. The van der Waals surface area contributed by atoms with Gasteiger partial charge in [0, 0.05) is 0 Å². The molecular formula is C13H14O6. The molecule has 6 heteroatoms. The van der Waals surface area contributed by atoms with Gasteiger partial charge in [-0.25, -0.2) is 4.79 Å². The smallest absolute Gasteiger partial charge is 0.338 e. The van der Waals surface area contributed by atoms with Crippen LogP contribution in [0, 0.1) is 0 Å². The molecular weight excluding hydrogens is 252 g/mol. The third-order valence-electron chi connectivity index (χ3n) is 3.34. The minimum atomic E-state index is -0.664. The van der Waals surface area contributed by atoms with Crippen molar-refractivity contribution in [2.24, 2.45) is 0 Å². The Hall–Kier alpha value is -1.63. The van der Waals surface area contributed by atoms with Crippen LogP contribution in [0.25, 0.3) is 0 Å². The number of hydrogen-bond donors (Lipinski definition) is 2. The molecule has 4 atom stereocenters. The van der Waals surface area contributed by atoms with Crippen LogP contribution in [0.1, 0.15) is 10.4 Å². The Balaban J connectivity index is 1.66. The first-order chi connectivity index (χ1) is 9.15. The van der Waals surface area contributed by atoms with E-state index in [1.54, 1.807) is 0 Å². The third kappa shape index (κ3) is 2.30. The molecule has 1 unspecified atom stereocenters. The maximum atomic E-state index is 11.9. The van der Waals surface area contributed by atoms with E-state index in [1.807, 2.05) is 0 Å². The van der Waals surface area contributed by atoms with Crippen LogP contribution in [-0.4, -0.2) is 53.8 Å². The second-order valence-corrected chi connectivity index (χ2v) is 4.65. The zero-order valence-corrected chi connectivity index (χ0v) is 10.1. The van der Waals surface area contributed by atoms with Gasteiger partial charge in [-0.15, -0.1) is 0 Å². The number of aliphatic hydroxyl groups excluding tert-OH is 1. The molecule has 1 aromatic carbocycles. The van der Waals surface area contributed by atoms with E-state index in [9.17, 15) is 9.90 Å². The molecule has 2 aliphatic rings. The second kappa shape index (κ2) is 4.80. The molecule has 102 valence electrons. The number of ether oxygens (including phenoxy) is 3. The van der Waals surface area contributed by atoms with Crippen LogP contribution >= 0.6 is 0 Å². The number of hydrogen-bond acceptors (Lipinski definition) is 6. The Morgan fingerprint density at radius 3 is 2.58 bits per heavy atom. The van der Waals surface area contributed by atoms with Crippen LogP contribution in [0.3, 0.4) is 0 Å². The lowest BCUT2D eigenvalue weighted by atomic mass is 10.1. The fourth-order valence-corrected chi connectivity index (χ4v) is 2.35. The van der Waals surface area contributed by atoms with E-state index >= 15 is 0 Å². The standard InChI is InChI=1S/C13H14O6/c14-8-3-1-7(2-4-8)13(16)19-10-6-18-11-9(15)5-17-12(10)11/h1-4,9-12,14-15H,5-6H2/t9-,10?,11-,12-/m1/s1. The number of rotatable bonds is 2. The average molecular weight is 266 g/mol. The number of carbonyl (C=O) groups excluding carboxylic acids is 1. The third-order valence-corrected chi connectivity index (χ3v) is 3.34. The first kappa shape index (κ1) is 12.4. The van der Waals surface area contributed by atoms with Crippen molar-refractivity contribution < 1.29 is 29.2 Å². The average Bonchev–Trinajstić information content (AvgIpc) is 2.95. The molecule has 6 nitrogen and oxygen atoms in total. The number of aliphatic hydroxyl groups is 1. The van der Waals surface area contributed by atoms with Crippen LogP contribution < -0.4 is 0 Å². The lowest BCUT2D eigenvalue weighted by Gasteiger charge is -2.16. The molecule has 3 rings (SSSR count). The Labute approximate surface area is 109 Å². The summed E-state index contributed by atoms with van der Waals surface area (Å²) in [5.41, 5.74) is 0.347. The first-order valence-electron chi connectivity index (χ1n) is 6.06. The highest BCUT2D eigenvalue weighted by Crippen LogP contribution is 2.29. The van der Waals surface area contributed by atoms with Crippen LogP contribution in [0.2, 0.25) is 0 Å². The van der Waals surface area contributed by atoms with Gasteiger partial charge < -0.3 is 24.4 Å². The van der Waals surface area contributed by atoms with Crippen LogP contribution in [-0.2, 0) is 14.2 Å². The number of fused-ring (bicyclic) bond motifs is 1. The highest BCUT2D eigenvalue weighted by atomic mass is 16.6. The van der Waals surface area contributed by atoms with Gasteiger partial charge >= 0.3 is 5.97 Å². The summed E-state index contributed by atoms with van der Waals surface area (Å²) >= 11 is 0. The summed E-state index contributed by atoms with van der Waals surface area (Å²) in [6.07, 6.45) is -2.00. The highest BCUT2D eigenvalue weighted by molar-refractivity contribution is 5.89. The van der Waals surface area contributed by atoms with Crippen molar-refractivity contribution in [3.05, 3.63) is 29.8 Å². The van der Waals surface area contributed by atoms with E-state index in [-0.39, 0.29) is 19.0 Å². The normalized spacial score (nSPS) is 33.1. The Morgan fingerprint density at radius 2 is 1.84 bits per heavy atom. The van der Waals surface area contributed by atoms with Crippen molar-refractivity contribution in [2.75, 3.05) is 13.2 Å². The van der Waals surface area contributed by atoms with Gasteiger partial charge in [0.1, 0.15) is 24.1 Å². The summed E-state index contributed by atoms with van der Waals surface area (Å²) in [4.78, 5) is 11.9. The maximum Gasteiger partial charge on any atom is 0.338 e. The summed E-state index contributed by atoms with van der Waals surface area (Å²) in [5, 5.41) is 18.7. The second-order valence-electron chi connectivity index (χ2n) is 4.65. The lowest BCUT2D eigenvalue weighted by molar-refractivity contribution is -0.0209. The monoisotopic (exact) mass is 266 g/mol. The van der Waals surface area contributed by atoms with Crippen molar-refractivity contribution >= 4 is 5.97 Å². The highest BCUT2D eigenvalue weighted by Gasteiger charge is 2.48. The van der Waals surface area contributed by atoms with E-state index in [0.717, 1.165) is 0 Å². The number of aromatic hydroxyl groups is 1. The predicted molar refractivity (Wildman–Crippen MR) is 62.8 cm³/mol. The molecule has 19 heavy (non-hydrogen) atoms. The Kier molecular flexibility index (Phi) is 3.14. The summed E-state index contributed by atoms with van der Waals surface area (Å²) < 4.78 is 16.0. The molecule has 0 spiro atoms. The number of phenols is 1. The molecule has 2 aliphatic heterocycles. The minimum absolute atomic E-state index is 0.0862. The molecule has 0 amide bonds. The first-order valence-corrected chi connectivity index (χ1v) is 6.06. The lowest BCUT2D eigenvalue weighted by Crippen LogP contribution is -2.34. The Morgan fingerprint density at radius 1 is 1.16 bits per heavy atom. The molecule has 0 bridgehead atoms. The quantitative estimate of drug-likeness (QED) is 0.737. The fraction of sp³-hybridized carbons (Fsp3) is 0.462. The van der Waals surface area contributed by atoms with Crippen molar-refractivity contribution in [3.63, 3.8) is 0 Å². The summed E-state index contributed by atoms with van der Waals surface area (Å²) in [5.74, 6) is -0.415. The van der Waals surface area contributed by atoms with E-state index in [0.29, 0.717) is 5.56 Å². The van der Waals surface area contributed by atoms with E-state index in [2.05, 4.69) is 0 Å². The van der Waals surface area contributed by atoms with E-state index < -0.39 is 30.4 Å². The summed E-state index contributed by atoms with van der Waals surface area (Å²) in [6, 6.07) is 5.80. The summed E-state index contributed by atoms with van der Waals surface area (Å²) in [6.45, 7) is 0.415. The van der Waals surface area contributed by atoms with Gasteiger partial charge in [-0.1, -0.05) is 0 Å². The van der Waals surface area contributed by atoms with Crippen molar-refractivity contribution in [1.82, 2.24) is 0 Å². The summed E-state index contributed by atoms with van der Waals surface area (Å²) in [7, 11) is 0. The van der Waals surface area contributed by atoms with Gasteiger partial charge in [0.25, 0.3) is 0 Å². The van der Waals surface area contributed by atoms with Gasteiger partial charge in [0.05, 0.1) is 18.8 Å². The number of benzene rings is 1. The molecule has 2 heterocycles. The van der Waals surface area contributed by atoms with E-state index in [1.165, 1.54) is 24.3 Å². The van der Waals surface area contributed by atoms with Crippen LogP contribution in [0.15, 0.2) is 24.3 Å². The van der Waals surface area contributed by atoms with Crippen molar-refractivity contribution in [2.45, 2.75) is 24.4 Å². The van der Waals surface area contributed by atoms with Crippen molar-refractivity contribution in [1.29, 1.82) is 0 Å². The topological polar surface area (TPSA) is 85.2 Å². The molecule has 2 fully saturated rings. The fourth-order valence-electron chi connectivity index (χ4n) is 2.35.